The summed E-state index contributed by atoms with van der Waals surface area (Å²) in [6.45, 7) is 5.29. The van der Waals surface area contributed by atoms with Gasteiger partial charge >= 0.3 is 5.97 Å². The van der Waals surface area contributed by atoms with Crippen LogP contribution in [0, 0.1) is 12.7 Å². The van der Waals surface area contributed by atoms with Crippen LogP contribution >= 0.6 is 0 Å². The van der Waals surface area contributed by atoms with E-state index in [9.17, 15) is 9.18 Å². The van der Waals surface area contributed by atoms with Crippen LogP contribution in [-0.4, -0.2) is 17.6 Å². The molecule has 0 amide bonds. The van der Waals surface area contributed by atoms with Crippen molar-refractivity contribution in [3.05, 3.63) is 42.0 Å². The average Bonchev–Trinajstić information content (AvgIpc) is 2.65. The highest BCUT2D eigenvalue weighted by atomic mass is 19.1. The van der Waals surface area contributed by atoms with Gasteiger partial charge in [0.05, 0.1) is 25.3 Å². The first-order chi connectivity index (χ1) is 9.49. The van der Waals surface area contributed by atoms with E-state index >= 15 is 0 Å². The van der Waals surface area contributed by atoms with Crippen LogP contribution in [0.5, 0.6) is 5.75 Å². The second kappa shape index (κ2) is 5.36. The van der Waals surface area contributed by atoms with Crippen molar-refractivity contribution in [2.45, 2.75) is 13.3 Å². The van der Waals surface area contributed by atoms with E-state index in [0.717, 1.165) is 16.6 Å². The Bertz CT molecular complexity index is 688. The number of ether oxygens (including phenoxy) is 2. The Balaban J connectivity index is 2.67. The number of carbonyl (C=O) groups is 1. The molecule has 0 N–H and O–H groups in total. The van der Waals surface area contributed by atoms with Crippen molar-refractivity contribution in [3.8, 4) is 5.75 Å². The first-order valence-electron chi connectivity index (χ1n) is 6.11. The third-order valence-electron chi connectivity index (χ3n) is 3.44. The highest BCUT2D eigenvalue weighted by molar-refractivity contribution is 5.90. The zero-order chi connectivity index (χ0) is 14.9. The summed E-state index contributed by atoms with van der Waals surface area (Å²) in [6.07, 6.45) is 1.30. The number of carbonyl (C=O) groups excluding carboxylic acids is 1. The standard InChI is InChI=1S/C15H16FNO3/c1-5-20-14-6-11-10(7-15(18)19-4)9(2)17(3)13(11)8-12(14)16/h5-6,8H,1,7H2,2-4H3. The van der Waals surface area contributed by atoms with Gasteiger partial charge < -0.3 is 14.0 Å². The van der Waals surface area contributed by atoms with E-state index in [2.05, 4.69) is 6.58 Å². The number of nitrogens with zero attached hydrogens (tertiary/aromatic N) is 1. The van der Waals surface area contributed by atoms with E-state index in [0.29, 0.717) is 5.52 Å². The Hall–Kier alpha value is -2.30. The van der Waals surface area contributed by atoms with Crippen LogP contribution in [0.4, 0.5) is 4.39 Å². The molecule has 1 aromatic heterocycles. The molecule has 106 valence electrons. The fraction of sp³-hybridized carbons (Fsp3) is 0.267. The van der Waals surface area contributed by atoms with Gasteiger partial charge in [-0.25, -0.2) is 4.39 Å². The maximum absolute atomic E-state index is 13.9. The number of aromatic nitrogens is 1. The molecule has 20 heavy (non-hydrogen) atoms. The number of benzene rings is 1. The number of hydrogen-bond acceptors (Lipinski definition) is 3. The average molecular weight is 277 g/mol. The number of esters is 1. The first-order valence-corrected chi connectivity index (χ1v) is 6.11. The van der Waals surface area contributed by atoms with Crippen LogP contribution in [0.1, 0.15) is 11.3 Å². The van der Waals surface area contributed by atoms with Crippen LogP contribution in [0.3, 0.4) is 0 Å². The van der Waals surface area contributed by atoms with Gasteiger partial charge in [-0.3, -0.25) is 4.79 Å². The molecule has 0 spiro atoms. The Morgan fingerprint density at radius 1 is 1.50 bits per heavy atom. The molecule has 0 radical (unpaired) electrons. The maximum atomic E-state index is 13.9. The molecule has 0 saturated carbocycles. The molecule has 0 bridgehead atoms. The third kappa shape index (κ3) is 2.27. The third-order valence-corrected chi connectivity index (χ3v) is 3.44. The van der Waals surface area contributed by atoms with Gasteiger partial charge in [0.15, 0.2) is 11.6 Å². The summed E-state index contributed by atoms with van der Waals surface area (Å²) in [7, 11) is 3.17. The Kier molecular flexibility index (Phi) is 3.79. The summed E-state index contributed by atoms with van der Waals surface area (Å²) in [6, 6.07) is 2.97. The molecular weight excluding hydrogens is 261 g/mol. The lowest BCUT2D eigenvalue weighted by molar-refractivity contribution is -0.139. The van der Waals surface area contributed by atoms with Crippen LogP contribution in [-0.2, 0) is 23.0 Å². The van der Waals surface area contributed by atoms with Crippen molar-refractivity contribution < 1.29 is 18.7 Å². The predicted molar refractivity (Wildman–Crippen MR) is 74.2 cm³/mol. The second-order valence-electron chi connectivity index (χ2n) is 4.46. The molecule has 2 rings (SSSR count). The summed E-state index contributed by atoms with van der Waals surface area (Å²) in [5.74, 6) is -0.719. The molecule has 0 saturated heterocycles. The van der Waals surface area contributed by atoms with Crippen molar-refractivity contribution in [2.75, 3.05) is 7.11 Å². The van der Waals surface area contributed by atoms with E-state index in [1.165, 1.54) is 19.4 Å². The van der Waals surface area contributed by atoms with Gasteiger partial charge in [0, 0.05) is 24.2 Å². The van der Waals surface area contributed by atoms with Crippen molar-refractivity contribution in [2.24, 2.45) is 7.05 Å². The monoisotopic (exact) mass is 277 g/mol. The minimum atomic E-state index is -0.470. The van der Waals surface area contributed by atoms with E-state index in [1.54, 1.807) is 6.07 Å². The summed E-state index contributed by atoms with van der Waals surface area (Å²) >= 11 is 0. The number of hydrogen-bond donors (Lipinski definition) is 0. The summed E-state index contributed by atoms with van der Waals surface area (Å²) in [5, 5.41) is 0.772. The Labute approximate surface area is 116 Å². The molecule has 2 aromatic rings. The summed E-state index contributed by atoms with van der Waals surface area (Å²) in [5.41, 5.74) is 2.40. The molecule has 1 heterocycles. The molecule has 0 aliphatic carbocycles. The second-order valence-corrected chi connectivity index (χ2v) is 4.46. The number of aryl methyl sites for hydroxylation is 1. The number of halogens is 1. The van der Waals surface area contributed by atoms with Crippen LogP contribution in [0.25, 0.3) is 10.9 Å². The molecule has 0 aliphatic rings. The highest BCUT2D eigenvalue weighted by Crippen LogP contribution is 2.31. The lowest BCUT2D eigenvalue weighted by Crippen LogP contribution is -2.05. The van der Waals surface area contributed by atoms with Crippen LogP contribution in [0.2, 0.25) is 0 Å². The Morgan fingerprint density at radius 2 is 2.20 bits per heavy atom. The number of rotatable bonds is 4. The zero-order valence-corrected chi connectivity index (χ0v) is 11.7. The molecular formula is C15H16FNO3. The molecule has 0 atom stereocenters. The van der Waals surface area contributed by atoms with Gasteiger partial charge in [-0.05, 0) is 18.6 Å². The quantitative estimate of drug-likeness (QED) is 0.637. The summed E-state index contributed by atoms with van der Waals surface area (Å²) < 4.78 is 25.5. The van der Waals surface area contributed by atoms with Gasteiger partial charge in [0.2, 0.25) is 0 Å². The van der Waals surface area contributed by atoms with Gasteiger partial charge in [-0.1, -0.05) is 6.58 Å². The van der Waals surface area contributed by atoms with Gasteiger partial charge in [-0.2, -0.15) is 0 Å². The number of fused-ring (bicyclic) bond motifs is 1. The predicted octanol–water partition coefficient (Wildman–Crippen LogP) is 2.86. The molecule has 0 fully saturated rings. The molecule has 0 aliphatic heterocycles. The first kappa shape index (κ1) is 14.1. The lowest BCUT2D eigenvalue weighted by Gasteiger charge is -2.04. The van der Waals surface area contributed by atoms with Gasteiger partial charge in [-0.15, -0.1) is 0 Å². The Morgan fingerprint density at radius 3 is 2.80 bits per heavy atom. The molecule has 1 aromatic carbocycles. The van der Waals surface area contributed by atoms with E-state index in [-0.39, 0.29) is 18.1 Å². The van der Waals surface area contributed by atoms with Crippen molar-refractivity contribution >= 4 is 16.9 Å². The maximum Gasteiger partial charge on any atom is 0.310 e. The zero-order valence-electron chi connectivity index (χ0n) is 11.7. The molecule has 5 heteroatoms. The van der Waals surface area contributed by atoms with Crippen molar-refractivity contribution in [3.63, 3.8) is 0 Å². The lowest BCUT2D eigenvalue weighted by atomic mass is 10.1. The number of methoxy groups -OCH3 is 1. The van der Waals surface area contributed by atoms with Gasteiger partial charge in [0.1, 0.15) is 0 Å². The minimum Gasteiger partial charge on any atom is -0.469 e. The smallest absolute Gasteiger partial charge is 0.310 e. The van der Waals surface area contributed by atoms with E-state index in [4.69, 9.17) is 9.47 Å². The van der Waals surface area contributed by atoms with Crippen molar-refractivity contribution in [1.29, 1.82) is 0 Å². The molecule has 0 unspecified atom stereocenters. The van der Waals surface area contributed by atoms with Crippen molar-refractivity contribution in [1.82, 2.24) is 4.57 Å². The van der Waals surface area contributed by atoms with Gasteiger partial charge in [0.25, 0.3) is 0 Å². The normalized spacial score (nSPS) is 10.6. The fourth-order valence-electron chi connectivity index (χ4n) is 2.26. The van der Waals surface area contributed by atoms with E-state index < -0.39 is 5.82 Å². The summed E-state index contributed by atoms with van der Waals surface area (Å²) in [4.78, 5) is 11.5. The minimum absolute atomic E-state index is 0.0872. The molecule has 4 nitrogen and oxygen atoms in total. The van der Waals surface area contributed by atoms with Crippen LogP contribution < -0.4 is 4.74 Å². The fourth-order valence-corrected chi connectivity index (χ4v) is 2.26. The largest absolute Gasteiger partial charge is 0.469 e. The van der Waals surface area contributed by atoms with E-state index in [1.807, 2.05) is 18.5 Å². The SMILES string of the molecule is C=COc1cc2c(CC(=O)OC)c(C)n(C)c2cc1F. The topological polar surface area (TPSA) is 40.5 Å². The van der Waals surface area contributed by atoms with Crippen LogP contribution in [0.15, 0.2) is 25.0 Å². The highest BCUT2D eigenvalue weighted by Gasteiger charge is 2.18.